The summed E-state index contributed by atoms with van der Waals surface area (Å²) in [7, 11) is 4.12. The van der Waals surface area contributed by atoms with Gasteiger partial charge < -0.3 is 54.0 Å². The highest BCUT2D eigenvalue weighted by atomic mass is 16.6. The van der Waals surface area contributed by atoms with Crippen LogP contribution in [0.1, 0.15) is 40.0 Å². The Morgan fingerprint density at radius 1 is 0.623 bits per heavy atom. The largest absolute Gasteiger partial charge is 0.508 e. The van der Waals surface area contributed by atoms with Crippen molar-refractivity contribution in [1.82, 2.24) is 0 Å². The molecule has 0 unspecified atom stereocenters. The maximum absolute atomic E-state index is 13.0. The molecule has 4 aromatic rings. The van der Waals surface area contributed by atoms with Crippen molar-refractivity contribution in [1.29, 1.82) is 0 Å². The van der Waals surface area contributed by atoms with E-state index < -0.39 is 42.6 Å². The lowest BCUT2D eigenvalue weighted by Gasteiger charge is -2.24. The Hall–Kier alpha value is -6.18. The van der Waals surface area contributed by atoms with Crippen LogP contribution in [-0.2, 0) is 30.4 Å². The van der Waals surface area contributed by atoms with Crippen molar-refractivity contribution in [2.45, 2.75) is 18.8 Å². The predicted molar refractivity (Wildman–Crippen MR) is 192 cm³/mol. The number of carbonyl (C=O) groups excluding carboxylic acids is 2. The highest BCUT2D eigenvalue weighted by molar-refractivity contribution is 5.87. The Balaban J connectivity index is 1.53. The number of esters is 2. The van der Waals surface area contributed by atoms with E-state index in [1.54, 1.807) is 48.5 Å². The SMILES string of the molecule is COc1cc([C@@H]2O[C@@H](c3cc(OC)c(O)c(OC)c3)[C@H](COC(=O)/C=C\c3ccc(O)cc3)[C@H]2COC(=O)/C=C/c2ccc(O)cc2)cc(CO)c1O. The van der Waals surface area contributed by atoms with Crippen LogP contribution in [0.5, 0.6) is 40.2 Å². The van der Waals surface area contributed by atoms with Crippen molar-refractivity contribution in [3.05, 3.63) is 113 Å². The van der Waals surface area contributed by atoms with Crippen molar-refractivity contribution in [2.75, 3.05) is 34.5 Å². The number of aliphatic hydroxyl groups is 1. The topological polar surface area (TPSA) is 191 Å². The van der Waals surface area contributed by atoms with E-state index in [4.69, 9.17) is 28.4 Å². The molecular weight excluding hydrogens is 688 g/mol. The standard InChI is InChI=1S/C40H40O13/c1-48-32-17-25(16-27(20-41)37(32)46)39-30(21-51-35(44)14-8-23-4-10-28(42)11-5-23)31(22-52-36(45)15-9-24-6-12-29(43)13-7-24)40(53-39)26-18-33(49-2)38(47)34(19-26)50-3/h4-19,30-31,39-43,46-47H,20-22H2,1-3H3/b14-8+,15-9-/t30-,31-,39+,40+/m1/s1. The second kappa shape index (κ2) is 17.4. The monoisotopic (exact) mass is 728 g/mol. The number of aliphatic hydroxyl groups excluding tert-OH is 1. The molecule has 4 atom stereocenters. The van der Waals surface area contributed by atoms with E-state index in [0.717, 1.165) is 0 Å². The molecular formula is C40H40O13. The fourth-order valence-electron chi connectivity index (χ4n) is 6.04. The molecule has 1 aliphatic rings. The number of rotatable bonds is 14. The molecule has 0 bridgehead atoms. The summed E-state index contributed by atoms with van der Waals surface area (Å²) in [4.78, 5) is 26.1. The van der Waals surface area contributed by atoms with Gasteiger partial charge in [-0.3, -0.25) is 0 Å². The minimum atomic E-state index is -0.879. The first kappa shape index (κ1) is 38.1. The van der Waals surface area contributed by atoms with Gasteiger partial charge in [0.05, 0.1) is 53.4 Å². The van der Waals surface area contributed by atoms with Gasteiger partial charge in [0.25, 0.3) is 0 Å². The minimum Gasteiger partial charge on any atom is -0.508 e. The zero-order valence-electron chi connectivity index (χ0n) is 29.2. The highest BCUT2D eigenvalue weighted by Gasteiger charge is 2.48. The maximum atomic E-state index is 13.0. The quantitative estimate of drug-likeness (QED) is 0.0799. The Bertz CT molecular complexity index is 1760. The normalized spacial score (nSPS) is 18.3. The fraction of sp³-hybridized carbons (Fsp3) is 0.250. The van der Waals surface area contributed by atoms with Crippen LogP contribution in [0.2, 0.25) is 0 Å². The van der Waals surface area contributed by atoms with Crippen molar-refractivity contribution in [3.8, 4) is 40.2 Å². The number of aromatic hydroxyl groups is 4. The third-order valence-corrected chi connectivity index (χ3v) is 8.79. The van der Waals surface area contributed by atoms with Gasteiger partial charge in [0.2, 0.25) is 5.75 Å². The van der Waals surface area contributed by atoms with Crippen LogP contribution in [0.4, 0.5) is 0 Å². The maximum Gasteiger partial charge on any atom is 0.330 e. The van der Waals surface area contributed by atoms with Gasteiger partial charge in [-0.15, -0.1) is 0 Å². The number of hydrogen-bond acceptors (Lipinski definition) is 13. The molecule has 278 valence electrons. The van der Waals surface area contributed by atoms with E-state index in [1.165, 1.54) is 69.9 Å². The van der Waals surface area contributed by atoms with Crippen molar-refractivity contribution in [2.24, 2.45) is 11.8 Å². The third-order valence-electron chi connectivity index (χ3n) is 8.79. The average molecular weight is 729 g/mol. The van der Waals surface area contributed by atoms with Crippen LogP contribution in [-0.4, -0.2) is 72.0 Å². The zero-order valence-corrected chi connectivity index (χ0v) is 29.2. The van der Waals surface area contributed by atoms with Gasteiger partial charge in [0, 0.05) is 29.6 Å². The van der Waals surface area contributed by atoms with Gasteiger partial charge in [-0.2, -0.15) is 0 Å². The molecule has 13 heteroatoms. The lowest BCUT2D eigenvalue weighted by atomic mass is 9.83. The van der Waals surface area contributed by atoms with E-state index in [9.17, 15) is 35.1 Å². The Morgan fingerprint density at radius 2 is 1.02 bits per heavy atom. The summed E-state index contributed by atoms with van der Waals surface area (Å²) >= 11 is 0. The van der Waals surface area contributed by atoms with Crippen LogP contribution in [0, 0.1) is 11.8 Å². The summed E-state index contributed by atoms with van der Waals surface area (Å²) in [6.45, 7) is -0.969. The van der Waals surface area contributed by atoms with Gasteiger partial charge in [-0.1, -0.05) is 24.3 Å². The lowest BCUT2D eigenvalue weighted by molar-refractivity contribution is -0.143. The van der Waals surface area contributed by atoms with Crippen LogP contribution in [0.15, 0.2) is 84.9 Å². The molecule has 0 radical (unpaired) electrons. The molecule has 13 nitrogen and oxygen atoms in total. The number of hydrogen-bond donors (Lipinski definition) is 5. The molecule has 0 aromatic heterocycles. The van der Waals surface area contributed by atoms with E-state index in [-0.39, 0.29) is 59.0 Å². The third kappa shape index (κ3) is 9.19. The number of benzene rings is 4. The van der Waals surface area contributed by atoms with E-state index in [2.05, 4.69) is 0 Å². The first-order valence-corrected chi connectivity index (χ1v) is 16.4. The van der Waals surface area contributed by atoms with Gasteiger partial charge in [0.1, 0.15) is 11.5 Å². The second-order valence-electron chi connectivity index (χ2n) is 12.1. The summed E-state index contributed by atoms with van der Waals surface area (Å²) in [5, 5.41) is 50.5. The van der Waals surface area contributed by atoms with Crippen molar-refractivity contribution < 1.29 is 63.5 Å². The van der Waals surface area contributed by atoms with E-state index in [0.29, 0.717) is 22.3 Å². The molecule has 53 heavy (non-hydrogen) atoms. The van der Waals surface area contributed by atoms with Gasteiger partial charge in [-0.25, -0.2) is 9.59 Å². The Labute approximate surface area is 305 Å². The van der Waals surface area contributed by atoms with E-state index in [1.807, 2.05) is 0 Å². The second-order valence-corrected chi connectivity index (χ2v) is 12.1. The number of ether oxygens (including phenoxy) is 6. The summed E-state index contributed by atoms with van der Waals surface area (Å²) in [6, 6.07) is 18.7. The smallest absolute Gasteiger partial charge is 0.330 e. The first-order chi connectivity index (χ1) is 25.5. The molecule has 4 aromatic carbocycles. The molecule has 1 saturated heterocycles. The summed E-state index contributed by atoms with van der Waals surface area (Å²) in [5.74, 6) is -2.84. The van der Waals surface area contributed by atoms with Gasteiger partial charge in [0.15, 0.2) is 23.0 Å². The highest BCUT2D eigenvalue weighted by Crippen LogP contribution is 2.53. The van der Waals surface area contributed by atoms with Crippen LogP contribution >= 0.6 is 0 Å². The van der Waals surface area contributed by atoms with Crippen LogP contribution < -0.4 is 14.2 Å². The Kier molecular flexibility index (Phi) is 12.5. The van der Waals surface area contributed by atoms with Crippen LogP contribution in [0.25, 0.3) is 12.2 Å². The summed E-state index contributed by atoms with van der Waals surface area (Å²) in [5.41, 5.74) is 2.41. The first-order valence-electron chi connectivity index (χ1n) is 16.4. The molecule has 1 heterocycles. The van der Waals surface area contributed by atoms with Gasteiger partial charge in [-0.05, 0) is 82.9 Å². The van der Waals surface area contributed by atoms with Crippen molar-refractivity contribution in [3.63, 3.8) is 0 Å². The molecule has 0 spiro atoms. The number of phenolic OH excluding ortho intramolecular Hbond substituents is 3. The zero-order chi connectivity index (χ0) is 38.1. The number of methoxy groups -OCH3 is 3. The molecule has 1 fully saturated rings. The van der Waals surface area contributed by atoms with Gasteiger partial charge >= 0.3 is 11.9 Å². The predicted octanol–water partition coefficient (Wildman–Crippen LogP) is 5.59. The molecule has 5 N–H and O–H groups in total. The molecule has 5 rings (SSSR count). The lowest BCUT2D eigenvalue weighted by Crippen LogP contribution is -2.27. The average Bonchev–Trinajstić information content (AvgIpc) is 3.54. The molecule has 0 amide bonds. The summed E-state index contributed by atoms with van der Waals surface area (Å²) in [6.07, 6.45) is 3.79. The Morgan fingerprint density at radius 3 is 1.42 bits per heavy atom. The van der Waals surface area contributed by atoms with E-state index >= 15 is 0 Å². The molecule has 0 saturated carbocycles. The molecule has 1 aliphatic heterocycles. The summed E-state index contributed by atoms with van der Waals surface area (Å²) < 4.78 is 34.4. The molecule has 0 aliphatic carbocycles. The number of carbonyl (C=O) groups is 2. The minimum absolute atomic E-state index is 0.0708. The number of phenols is 4. The fourth-order valence-corrected chi connectivity index (χ4v) is 6.04. The van der Waals surface area contributed by atoms with Crippen molar-refractivity contribution >= 4 is 24.1 Å². The van der Waals surface area contributed by atoms with Crippen LogP contribution in [0.3, 0.4) is 0 Å².